The lowest BCUT2D eigenvalue weighted by molar-refractivity contribution is 0.114. The van der Waals surface area contributed by atoms with Crippen molar-refractivity contribution in [1.29, 1.82) is 0 Å². The molecule has 1 atom stereocenters. The lowest BCUT2D eigenvalue weighted by Crippen LogP contribution is -2.09. The second-order valence-electron chi connectivity index (χ2n) is 4.83. The zero-order valence-corrected chi connectivity index (χ0v) is 9.10. The maximum Gasteiger partial charge on any atom is 0.245 e. The van der Waals surface area contributed by atoms with Gasteiger partial charge in [0.15, 0.2) is 0 Å². The number of aryl methyl sites for hydroxylation is 2. The van der Waals surface area contributed by atoms with Crippen LogP contribution in [0, 0.1) is 0 Å². The number of halogens is 2. The maximum absolute atomic E-state index is 12.9. The summed E-state index contributed by atoms with van der Waals surface area (Å²) in [7, 11) is 0. The summed E-state index contributed by atoms with van der Waals surface area (Å²) in [6.45, 7) is 0. The van der Waals surface area contributed by atoms with Gasteiger partial charge in [-0.1, -0.05) is 6.07 Å². The van der Waals surface area contributed by atoms with Gasteiger partial charge in [-0.05, 0) is 54.4 Å². The fraction of sp³-hybridized carbons (Fsp3) is 0.538. The van der Waals surface area contributed by atoms with Crippen molar-refractivity contribution in [3.8, 4) is 0 Å². The molecule has 3 heteroatoms. The van der Waals surface area contributed by atoms with Gasteiger partial charge in [-0.25, -0.2) is 8.78 Å². The van der Waals surface area contributed by atoms with Crippen LogP contribution in [0.25, 0.3) is 0 Å². The second-order valence-corrected chi connectivity index (χ2v) is 4.83. The number of fused-ring (bicyclic) bond motifs is 2. The molecule has 1 aromatic rings. The number of alkyl halides is 2. The Morgan fingerprint density at radius 1 is 1.19 bits per heavy atom. The minimum atomic E-state index is -2.27. The molecule has 86 valence electrons. The summed E-state index contributed by atoms with van der Waals surface area (Å²) < 4.78 is 25.8. The van der Waals surface area contributed by atoms with Gasteiger partial charge in [0.25, 0.3) is 0 Å². The highest BCUT2D eigenvalue weighted by atomic mass is 19.3. The molecule has 0 saturated carbocycles. The first-order valence-corrected chi connectivity index (χ1v) is 5.89. The number of hydrogen-bond donors (Lipinski definition) is 1. The number of rotatable bonds is 1. The van der Waals surface area contributed by atoms with E-state index in [1.165, 1.54) is 5.56 Å². The number of nitrogens with two attached hydrogens (primary N) is 1. The average Bonchev–Trinajstić information content (AvgIpc) is 2.83. The number of benzene rings is 1. The lowest BCUT2D eigenvalue weighted by Gasteiger charge is -2.16. The predicted octanol–water partition coefficient (Wildman–Crippen LogP) is 3.05. The van der Waals surface area contributed by atoms with Gasteiger partial charge in [0.05, 0.1) is 0 Å². The van der Waals surface area contributed by atoms with Crippen LogP contribution in [-0.2, 0) is 19.3 Å². The maximum atomic E-state index is 12.9. The van der Waals surface area contributed by atoms with Crippen molar-refractivity contribution in [2.24, 2.45) is 0 Å². The van der Waals surface area contributed by atoms with E-state index < -0.39 is 12.3 Å². The van der Waals surface area contributed by atoms with Gasteiger partial charge in [-0.2, -0.15) is 0 Å². The first kappa shape index (κ1) is 10.1. The molecule has 3 rings (SSSR count). The van der Waals surface area contributed by atoms with Crippen LogP contribution in [0.4, 0.5) is 14.5 Å². The van der Waals surface area contributed by atoms with Crippen molar-refractivity contribution in [3.63, 3.8) is 0 Å². The van der Waals surface area contributed by atoms with Gasteiger partial charge in [0, 0.05) is 11.6 Å². The van der Waals surface area contributed by atoms with Gasteiger partial charge in [-0.3, -0.25) is 0 Å². The molecule has 0 spiro atoms. The zero-order chi connectivity index (χ0) is 11.3. The molecule has 0 bridgehead atoms. The van der Waals surface area contributed by atoms with Crippen LogP contribution in [0.2, 0.25) is 0 Å². The first-order valence-electron chi connectivity index (χ1n) is 5.89. The fourth-order valence-electron chi connectivity index (χ4n) is 3.21. The summed E-state index contributed by atoms with van der Waals surface area (Å²) in [4.78, 5) is 0. The molecule has 1 unspecified atom stereocenters. The van der Waals surface area contributed by atoms with Gasteiger partial charge >= 0.3 is 0 Å². The van der Waals surface area contributed by atoms with Crippen molar-refractivity contribution in [2.75, 3.05) is 5.73 Å². The lowest BCUT2D eigenvalue weighted by atomic mass is 9.94. The largest absolute Gasteiger partial charge is 0.398 e. The summed E-state index contributed by atoms with van der Waals surface area (Å²) in [6.07, 6.45) is 2.18. The van der Waals surface area contributed by atoms with Crippen molar-refractivity contribution in [3.05, 3.63) is 28.3 Å². The minimum Gasteiger partial charge on any atom is -0.398 e. The monoisotopic (exact) mass is 223 g/mol. The number of nitrogen functional groups attached to an aromatic ring is 1. The Kier molecular flexibility index (Phi) is 2.16. The van der Waals surface area contributed by atoms with E-state index >= 15 is 0 Å². The van der Waals surface area contributed by atoms with Crippen LogP contribution < -0.4 is 5.73 Å². The van der Waals surface area contributed by atoms with Crippen molar-refractivity contribution < 1.29 is 8.78 Å². The van der Waals surface area contributed by atoms with Gasteiger partial charge in [0.1, 0.15) is 0 Å². The van der Waals surface area contributed by atoms with E-state index in [0.29, 0.717) is 12.1 Å². The van der Waals surface area contributed by atoms with Gasteiger partial charge in [-0.15, -0.1) is 0 Å². The molecule has 0 aromatic heterocycles. The van der Waals surface area contributed by atoms with Crippen LogP contribution in [0.5, 0.6) is 0 Å². The molecular weight excluding hydrogens is 208 g/mol. The van der Waals surface area contributed by atoms with E-state index in [0.717, 1.165) is 42.4 Å². The molecule has 2 aliphatic carbocycles. The van der Waals surface area contributed by atoms with E-state index in [2.05, 4.69) is 6.07 Å². The summed E-state index contributed by atoms with van der Waals surface area (Å²) >= 11 is 0. The molecule has 2 N–H and O–H groups in total. The highest BCUT2D eigenvalue weighted by molar-refractivity contribution is 5.64. The number of hydrogen-bond acceptors (Lipinski definition) is 1. The molecule has 0 aliphatic heterocycles. The Hall–Kier alpha value is -1.12. The number of anilines is 1. The molecule has 0 saturated heterocycles. The Balaban J connectivity index is 2.15. The fourth-order valence-corrected chi connectivity index (χ4v) is 3.21. The van der Waals surface area contributed by atoms with E-state index in [1.54, 1.807) is 0 Å². The molecule has 0 amide bonds. The highest BCUT2D eigenvalue weighted by Crippen LogP contribution is 2.44. The zero-order valence-electron chi connectivity index (χ0n) is 9.10. The average molecular weight is 223 g/mol. The molecule has 16 heavy (non-hydrogen) atoms. The molecule has 2 aliphatic rings. The minimum absolute atomic E-state index is 0.556. The normalized spacial score (nSPS) is 22.6. The Bertz CT molecular complexity index is 440. The molecule has 1 nitrogen and oxygen atoms in total. The Labute approximate surface area is 93.6 Å². The SMILES string of the molecule is Nc1c2c(cc3c1C(C(F)F)CC3)CCC2. The predicted molar refractivity (Wildman–Crippen MR) is 59.9 cm³/mol. The van der Waals surface area contributed by atoms with E-state index in [1.807, 2.05) is 0 Å². The third-order valence-corrected chi connectivity index (χ3v) is 3.97. The van der Waals surface area contributed by atoms with Crippen molar-refractivity contribution in [2.45, 2.75) is 44.4 Å². The quantitative estimate of drug-likeness (QED) is 0.727. The van der Waals surface area contributed by atoms with E-state index in [-0.39, 0.29) is 0 Å². The molecule has 0 heterocycles. The Morgan fingerprint density at radius 3 is 2.75 bits per heavy atom. The summed E-state index contributed by atoms with van der Waals surface area (Å²) in [5.41, 5.74) is 11.0. The van der Waals surface area contributed by atoms with Crippen LogP contribution in [-0.4, -0.2) is 6.43 Å². The molecule has 1 aromatic carbocycles. The van der Waals surface area contributed by atoms with Crippen LogP contribution in [0.15, 0.2) is 6.07 Å². The van der Waals surface area contributed by atoms with Crippen LogP contribution >= 0.6 is 0 Å². The van der Waals surface area contributed by atoms with Gasteiger partial charge in [0.2, 0.25) is 6.43 Å². The second kappa shape index (κ2) is 3.44. The van der Waals surface area contributed by atoms with Crippen molar-refractivity contribution in [1.82, 2.24) is 0 Å². The van der Waals surface area contributed by atoms with Gasteiger partial charge < -0.3 is 5.73 Å². The summed E-state index contributed by atoms with van der Waals surface area (Å²) in [5, 5.41) is 0. The van der Waals surface area contributed by atoms with E-state index in [9.17, 15) is 8.78 Å². The standard InChI is InChI=1S/C13H15F2N/c14-13(15)10-5-4-8-6-7-2-1-3-9(7)12(16)11(8)10/h6,10,13H,1-5,16H2. The van der Waals surface area contributed by atoms with Crippen LogP contribution in [0.3, 0.4) is 0 Å². The summed E-state index contributed by atoms with van der Waals surface area (Å²) in [6, 6.07) is 2.12. The Morgan fingerprint density at radius 2 is 2.00 bits per heavy atom. The molecule has 0 fully saturated rings. The third kappa shape index (κ3) is 1.27. The third-order valence-electron chi connectivity index (χ3n) is 3.97. The van der Waals surface area contributed by atoms with Crippen molar-refractivity contribution >= 4 is 5.69 Å². The summed E-state index contributed by atoms with van der Waals surface area (Å²) in [5.74, 6) is -0.624. The first-order chi connectivity index (χ1) is 7.68. The van der Waals surface area contributed by atoms with E-state index in [4.69, 9.17) is 5.73 Å². The topological polar surface area (TPSA) is 26.0 Å². The molecular formula is C13H15F2N. The van der Waals surface area contributed by atoms with Crippen LogP contribution in [0.1, 0.15) is 41.0 Å². The highest BCUT2D eigenvalue weighted by Gasteiger charge is 2.34. The molecule has 0 radical (unpaired) electrons. The smallest absolute Gasteiger partial charge is 0.245 e.